The van der Waals surface area contributed by atoms with Crippen LogP contribution in [0.5, 0.6) is 5.75 Å². The Hall–Kier alpha value is -2.01. The SMILES string of the molecule is COc1cc(C(C)NCc2ccc(F)cc2F)ccc1F. The second-order valence-corrected chi connectivity index (χ2v) is 4.73. The monoisotopic (exact) mass is 295 g/mol. The summed E-state index contributed by atoms with van der Waals surface area (Å²) in [6.45, 7) is 2.11. The van der Waals surface area contributed by atoms with Gasteiger partial charge in [-0.15, -0.1) is 0 Å². The van der Waals surface area contributed by atoms with Crippen molar-refractivity contribution in [2.24, 2.45) is 0 Å². The normalized spacial score (nSPS) is 12.2. The van der Waals surface area contributed by atoms with Crippen LogP contribution in [0.1, 0.15) is 24.1 Å². The fraction of sp³-hybridized carbons (Fsp3) is 0.250. The minimum atomic E-state index is -0.604. The van der Waals surface area contributed by atoms with Crippen LogP contribution in [0.3, 0.4) is 0 Å². The van der Waals surface area contributed by atoms with E-state index in [2.05, 4.69) is 5.32 Å². The van der Waals surface area contributed by atoms with E-state index in [9.17, 15) is 13.2 Å². The molecule has 2 aromatic carbocycles. The Balaban J connectivity index is 2.06. The molecule has 0 aromatic heterocycles. The largest absolute Gasteiger partial charge is 0.494 e. The van der Waals surface area contributed by atoms with Crippen molar-refractivity contribution < 1.29 is 17.9 Å². The molecule has 1 unspecified atom stereocenters. The summed E-state index contributed by atoms with van der Waals surface area (Å²) in [5.74, 6) is -1.47. The highest BCUT2D eigenvalue weighted by Crippen LogP contribution is 2.23. The lowest BCUT2D eigenvalue weighted by molar-refractivity contribution is 0.385. The highest BCUT2D eigenvalue weighted by atomic mass is 19.1. The zero-order chi connectivity index (χ0) is 15.4. The molecule has 2 nitrogen and oxygen atoms in total. The molecule has 0 saturated carbocycles. The standard InChI is InChI=1S/C16H16F3NO/c1-10(11-4-6-14(18)16(7-11)21-2)20-9-12-3-5-13(17)8-15(12)19/h3-8,10,20H,9H2,1-2H3. The molecule has 21 heavy (non-hydrogen) atoms. The van der Waals surface area contributed by atoms with Gasteiger partial charge in [0.1, 0.15) is 11.6 Å². The zero-order valence-corrected chi connectivity index (χ0v) is 11.8. The molecule has 0 saturated heterocycles. The van der Waals surface area contributed by atoms with Crippen LogP contribution < -0.4 is 10.1 Å². The van der Waals surface area contributed by atoms with Crippen LogP contribution >= 0.6 is 0 Å². The van der Waals surface area contributed by atoms with E-state index in [-0.39, 0.29) is 18.3 Å². The number of hydrogen-bond donors (Lipinski definition) is 1. The second-order valence-electron chi connectivity index (χ2n) is 4.73. The van der Waals surface area contributed by atoms with E-state index in [4.69, 9.17) is 4.74 Å². The van der Waals surface area contributed by atoms with Crippen LogP contribution in [0, 0.1) is 17.5 Å². The van der Waals surface area contributed by atoms with E-state index in [1.165, 1.54) is 25.3 Å². The Kier molecular flexibility index (Phi) is 4.85. The summed E-state index contributed by atoms with van der Waals surface area (Å²) in [4.78, 5) is 0. The van der Waals surface area contributed by atoms with Crippen molar-refractivity contribution in [1.82, 2.24) is 5.32 Å². The number of halogens is 3. The highest BCUT2D eigenvalue weighted by molar-refractivity contribution is 5.32. The quantitative estimate of drug-likeness (QED) is 0.901. The molecule has 0 fully saturated rings. The smallest absolute Gasteiger partial charge is 0.165 e. The summed E-state index contributed by atoms with van der Waals surface area (Å²) in [5, 5.41) is 3.11. The van der Waals surface area contributed by atoms with Crippen LogP contribution in [-0.2, 0) is 6.54 Å². The molecule has 0 heterocycles. The number of nitrogens with one attached hydrogen (secondary N) is 1. The molecule has 5 heteroatoms. The van der Waals surface area contributed by atoms with E-state index >= 15 is 0 Å². The number of benzene rings is 2. The van der Waals surface area contributed by atoms with E-state index in [1.54, 1.807) is 12.1 Å². The average Bonchev–Trinajstić information content (AvgIpc) is 2.46. The summed E-state index contributed by atoms with van der Waals surface area (Å²) < 4.78 is 44.6. The molecule has 2 rings (SSSR count). The van der Waals surface area contributed by atoms with Crippen molar-refractivity contribution in [3.8, 4) is 5.75 Å². The fourth-order valence-electron chi connectivity index (χ4n) is 1.99. The maximum absolute atomic E-state index is 13.5. The van der Waals surface area contributed by atoms with Gasteiger partial charge in [0.05, 0.1) is 7.11 Å². The number of rotatable bonds is 5. The van der Waals surface area contributed by atoms with Crippen molar-refractivity contribution >= 4 is 0 Å². The summed E-state index contributed by atoms with van der Waals surface area (Å²) >= 11 is 0. The Morgan fingerprint density at radius 3 is 2.48 bits per heavy atom. The molecule has 0 spiro atoms. The fourth-order valence-corrected chi connectivity index (χ4v) is 1.99. The molecule has 0 aliphatic rings. The molecular formula is C16H16F3NO. The lowest BCUT2D eigenvalue weighted by Crippen LogP contribution is -2.19. The molecule has 0 amide bonds. The first-order valence-corrected chi connectivity index (χ1v) is 6.52. The lowest BCUT2D eigenvalue weighted by Gasteiger charge is -2.16. The maximum Gasteiger partial charge on any atom is 0.165 e. The molecule has 1 N–H and O–H groups in total. The third-order valence-corrected chi connectivity index (χ3v) is 3.29. The highest BCUT2D eigenvalue weighted by Gasteiger charge is 2.11. The van der Waals surface area contributed by atoms with Gasteiger partial charge in [-0.3, -0.25) is 0 Å². The third-order valence-electron chi connectivity index (χ3n) is 3.29. The van der Waals surface area contributed by atoms with Crippen molar-refractivity contribution in [2.75, 3.05) is 7.11 Å². The summed E-state index contributed by atoms with van der Waals surface area (Å²) in [5.41, 5.74) is 1.19. The van der Waals surface area contributed by atoms with E-state index in [0.717, 1.165) is 11.6 Å². The predicted octanol–water partition coefficient (Wildman–Crippen LogP) is 3.96. The van der Waals surface area contributed by atoms with Gasteiger partial charge < -0.3 is 10.1 Å². The molecule has 2 aromatic rings. The van der Waals surface area contributed by atoms with E-state index < -0.39 is 17.5 Å². The van der Waals surface area contributed by atoms with Gasteiger partial charge >= 0.3 is 0 Å². The average molecular weight is 295 g/mol. The number of hydrogen-bond acceptors (Lipinski definition) is 2. The number of ether oxygens (including phenoxy) is 1. The van der Waals surface area contributed by atoms with E-state index in [0.29, 0.717) is 5.56 Å². The topological polar surface area (TPSA) is 21.3 Å². The summed E-state index contributed by atoms with van der Waals surface area (Å²) in [7, 11) is 1.40. The minimum absolute atomic E-state index is 0.135. The van der Waals surface area contributed by atoms with Crippen LogP contribution in [0.15, 0.2) is 36.4 Å². The van der Waals surface area contributed by atoms with Gasteiger partial charge in [-0.1, -0.05) is 12.1 Å². The first kappa shape index (κ1) is 15.4. The molecular weight excluding hydrogens is 279 g/mol. The summed E-state index contributed by atoms with van der Waals surface area (Å²) in [6.07, 6.45) is 0. The van der Waals surface area contributed by atoms with Gasteiger partial charge in [0.15, 0.2) is 11.6 Å². The molecule has 112 valence electrons. The molecule has 0 radical (unpaired) electrons. The third kappa shape index (κ3) is 3.76. The van der Waals surface area contributed by atoms with Crippen molar-refractivity contribution in [1.29, 1.82) is 0 Å². The first-order valence-electron chi connectivity index (χ1n) is 6.52. The predicted molar refractivity (Wildman–Crippen MR) is 74.6 cm³/mol. The minimum Gasteiger partial charge on any atom is -0.494 e. The summed E-state index contributed by atoms with van der Waals surface area (Å²) in [6, 6.07) is 7.88. The Labute approximate surface area is 121 Å². The molecule has 0 aliphatic carbocycles. The van der Waals surface area contributed by atoms with Crippen LogP contribution in [-0.4, -0.2) is 7.11 Å². The maximum atomic E-state index is 13.5. The van der Waals surface area contributed by atoms with Gasteiger partial charge in [-0.2, -0.15) is 0 Å². The van der Waals surface area contributed by atoms with Crippen LogP contribution in [0.2, 0.25) is 0 Å². The zero-order valence-electron chi connectivity index (χ0n) is 11.8. The molecule has 0 bridgehead atoms. The lowest BCUT2D eigenvalue weighted by atomic mass is 10.1. The first-order chi connectivity index (χ1) is 10.0. The van der Waals surface area contributed by atoms with Gasteiger partial charge in [0.2, 0.25) is 0 Å². The van der Waals surface area contributed by atoms with Crippen molar-refractivity contribution in [3.63, 3.8) is 0 Å². The Bertz CT molecular complexity index is 631. The van der Waals surface area contributed by atoms with Crippen molar-refractivity contribution in [3.05, 3.63) is 65.0 Å². The number of methoxy groups -OCH3 is 1. The van der Waals surface area contributed by atoms with Gasteiger partial charge in [0.25, 0.3) is 0 Å². The Morgan fingerprint density at radius 1 is 1.05 bits per heavy atom. The van der Waals surface area contributed by atoms with Gasteiger partial charge in [0, 0.05) is 24.2 Å². The van der Waals surface area contributed by atoms with Gasteiger partial charge in [-0.05, 0) is 30.7 Å². The van der Waals surface area contributed by atoms with Crippen LogP contribution in [0.25, 0.3) is 0 Å². The van der Waals surface area contributed by atoms with Crippen LogP contribution in [0.4, 0.5) is 13.2 Å². The molecule has 0 aliphatic heterocycles. The van der Waals surface area contributed by atoms with Crippen molar-refractivity contribution in [2.45, 2.75) is 19.5 Å². The second kappa shape index (κ2) is 6.63. The van der Waals surface area contributed by atoms with Gasteiger partial charge in [-0.25, -0.2) is 13.2 Å². The van der Waals surface area contributed by atoms with E-state index in [1.807, 2.05) is 6.92 Å². The molecule has 1 atom stereocenters. The Morgan fingerprint density at radius 2 is 1.81 bits per heavy atom.